The molecule has 8 heteroatoms. The minimum absolute atomic E-state index is 0. The van der Waals surface area contributed by atoms with E-state index in [0.29, 0.717) is 17.9 Å². The summed E-state index contributed by atoms with van der Waals surface area (Å²) in [6.07, 6.45) is 6.79. The number of halogens is 2. The van der Waals surface area contributed by atoms with Gasteiger partial charge in [0.1, 0.15) is 5.75 Å². The Morgan fingerprint density at radius 2 is 1.93 bits per heavy atom. The molecule has 29 heavy (non-hydrogen) atoms. The zero-order chi connectivity index (χ0) is 20.0. The van der Waals surface area contributed by atoms with E-state index < -0.39 is 17.6 Å². The van der Waals surface area contributed by atoms with E-state index in [2.05, 4.69) is 11.9 Å². The Kier molecular flexibility index (Phi) is 12.1. The largest absolute Gasteiger partial charge is 0.490 e. The SMILES string of the molecule is COC(=O)[C@@](O)(Cc1cc(OC2CCC(C)CC2)ccn1)[C@@H](N)CC(C)C.Cl.Cl. The molecule has 1 aromatic heterocycles. The molecule has 1 aliphatic carbocycles. The summed E-state index contributed by atoms with van der Waals surface area (Å²) < 4.78 is 10.9. The second-order valence-corrected chi connectivity index (χ2v) is 8.31. The summed E-state index contributed by atoms with van der Waals surface area (Å²) in [5, 5.41) is 11.0. The van der Waals surface area contributed by atoms with Gasteiger partial charge in [-0.05, 0) is 50.0 Å². The van der Waals surface area contributed by atoms with E-state index in [1.54, 1.807) is 12.3 Å². The second kappa shape index (κ2) is 12.6. The summed E-state index contributed by atoms with van der Waals surface area (Å²) >= 11 is 0. The smallest absolute Gasteiger partial charge is 0.339 e. The lowest BCUT2D eigenvalue weighted by Crippen LogP contribution is -2.56. The first kappa shape index (κ1) is 27.9. The third kappa shape index (κ3) is 7.93. The molecule has 0 spiro atoms. The molecule has 0 amide bonds. The van der Waals surface area contributed by atoms with Crippen LogP contribution in [-0.4, -0.2) is 40.9 Å². The molecule has 1 aliphatic rings. The van der Waals surface area contributed by atoms with E-state index >= 15 is 0 Å². The maximum atomic E-state index is 12.3. The highest BCUT2D eigenvalue weighted by molar-refractivity contribution is 5.85. The van der Waals surface area contributed by atoms with Crippen LogP contribution < -0.4 is 10.5 Å². The van der Waals surface area contributed by atoms with Crippen molar-refractivity contribution < 1.29 is 19.4 Å². The molecule has 0 aromatic carbocycles. The van der Waals surface area contributed by atoms with E-state index in [1.165, 1.54) is 20.0 Å². The average molecular weight is 451 g/mol. The van der Waals surface area contributed by atoms with Crippen molar-refractivity contribution in [3.63, 3.8) is 0 Å². The second-order valence-electron chi connectivity index (χ2n) is 8.31. The van der Waals surface area contributed by atoms with Crippen molar-refractivity contribution in [2.24, 2.45) is 17.6 Å². The number of hydrogen-bond acceptors (Lipinski definition) is 6. The fourth-order valence-electron chi connectivity index (χ4n) is 3.68. The number of rotatable bonds is 8. The predicted octanol–water partition coefficient (Wildman–Crippen LogP) is 3.70. The van der Waals surface area contributed by atoms with Crippen LogP contribution in [0.15, 0.2) is 18.3 Å². The van der Waals surface area contributed by atoms with E-state index in [-0.39, 0.29) is 43.3 Å². The zero-order valence-corrected chi connectivity index (χ0v) is 19.4. The molecule has 6 nitrogen and oxygen atoms in total. The molecule has 168 valence electrons. The molecular formula is C21H36Cl2N2O4. The minimum atomic E-state index is -1.81. The molecule has 2 atom stereocenters. The van der Waals surface area contributed by atoms with Crippen LogP contribution in [0.3, 0.4) is 0 Å². The Morgan fingerprint density at radius 1 is 1.31 bits per heavy atom. The van der Waals surface area contributed by atoms with Gasteiger partial charge in [-0.1, -0.05) is 20.8 Å². The van der Waals surface area contributed by atoms with Gasteiger partial charge in [0.15, 0.2) is 5.60 Å². The monoisotopic (exact) mass is 450 g/mol. The van der Waals surface area contributed by atoms with Gasteiger partial charge in [0, 0.05) is 30.4 Å². The van der Waals surface area contributed by atoms with Crippen LogP contribution in [-0.2, 0) is 16.0 Å². The summed E-state index contributed by atoms with van der Waals surface area (Å²) in [5.41, 5.74) is 4.91. The van der Waals surface area contributed by atoms with E-state index in [0.717, 1.165) is 18.8 Å². The third-order valence-corrected chi connectivity index (χ3v) is 5.38. The maximum Gasteiger partial charge on any atom is 0.339 e. The third-order valence-electron chi connectivity index (χ3n) is 5.38. The number of nitrogens with zero attached hydrogens (tertiary/aromatic N) is 1. The van der Waals surface area contributed by atoms with Gasteiger partial charge in [0.25, 0.3) is 0 Å². The van der Waals surface area contributed by atoms with Gasteiger partial charge < -0.3 is 20.3 Å². The Hall–Kier alpha value is -1.08. The highest BCUT2D eigenvalue weighted by Crippen LogP contribution is 2.28. The van der Waals surface area contributed by atoms with Gasteiger partial charge in [-0.2, -0.15) is 0 Å². The van der Waals surface area contributed by atoms with Crippen LogP contribution in [0.2, 0.25) is 0 Å². The van der Waals surface area contributed by atoms with Gasteiger partial charge in [-0.25, -0.2) is 4.79 Å². The highest BCUT2D eigenvalue weighted by Gasteiger charge is 2.44. The van der Waals surface area contributed by atoms with Gasteiger partial charge in [-0.15, -0.1) is 24.8 Å². The minimum Gasteiger partial charge on any atom is -0.490 e. The molecular weight excluding hydrogens is 415 g/mol. The van der Waals surface area contributed by atoms with Gasteiger partial charge in [-0.3, -0.25) is 4.98 Å². The topological polar surface area (TPSA) is 94.7 Å². The van der Waals surface area contributed by atoms with Crippen molar-refractivity contribution in [2.45, 2.75) is 77.0 Å². The fraction of sp³-hybridized carbons (Fsp3) is 0.714. The van der Waals surface area contributed by atoms with Crippen LogP contribution in [0.1, 0.15) is 58.6 Å². The maximum absolute atomic E-state index is 12.3. The van der Waals surface area contributed by atoms with Crippen LogP contribution in [0.4, 0.5) is 0 Å². The molecule has 0 aliphatic heterocycles. The van der Waals surface area contributed by atoms with Crippen molar-refractivity contribution in [3.05, 3.63) is 24.0 Å². The molecule has 0 unspecified atom stereocenters. The number of carbonyl (C=O) groups is 1. The Balaban J connectivity index is 0.00000392. The number of nitrogens with two attached hydrogens (primary N) is 1. The molecule has 1 fully saturated rings. The van der Waals surface area contributed by atoms with Crippen molar-refractivity contribution in [1.29, 1.82) is 0 Å². The zero-order valence-electron chi connectivity index (χ0n) is 17.8. The number of carbonyl (C=O) groups excluding carboxylic acids is 1. The lowest BCUT2D eigenvalue weighted by molar-refractivity contribution is -0.165. The van der Waals surface area contributed by atoms with Crippen LogP contribution >= 0.6 is 24.8 Å². The number of aromatic nitrogens is 1. The summed E-state index contributed by atoms with van der Waals surface area (Å²) in [4.78, 5) is 16.6. The van der Waals surface area contributed by atoms with Crippen LogP contribution in [0, 0.1) is 11.8 Å². The first-order valence-corrected chi connectivity index (χ1v) is 9.92. The van der Waals surface area contributed by atoms with Crippen LogP contribution in [0.5, 0.6) is 5.75 Å². The molecule has 0 bridgehead atoms. The molecule has 2 rings (SSSR count). The van der Waals surface area contributed by atoms with Crippen LogP contribution in [0.25, 0.3) is 0 Å². The van der Waals surface area contributed by atoms with Crippen molar-refractivity contribution in [1.82, 2.24) is 4.98 Å². The van der Waals surface area contributed by atoms with Crippen molar-refractivity contribution >= 4 is 30.8 Å². The summed E-state index contributed by atoms with van der Waals surface area (Å²) in [6.45, 7) is 6.26. The molecule has 1 aromatic rings. The van der Waals surface area contributed by atoms with Gasteiger partial charge in [0.05, 0.1) is 13.2 Å². The number of esters is 1. The van der Waals surface area contributed by atoms with E-state index in [9.17, 15) is 9.90 Å². The Labute approximate surface area is 186 Å². The summed E-state index contributed by atoms with van der Waals surface area (Å²) in [5.74, 6) is 0.983. The Bertz CT molecular complexity index is 624. The highest BCUT2D eigenvalue weighted by atomic mass is 35.5. The van der Waals surface area contributed by atoms with Crippen molar-refractivity contribution in [3.8, 4) is 5.75 Å². The molecule has 1 heterocycles. The number of methoxy groups -OCH3 is 1. The predicted molar refractivity (Wildman–Crippen MR) is 119 cm³/mol. The van der Waals surface area contributed by atoms with Gasteiger partial charge >= 0.3 is 5.97 Å². The van der Waals surface area contributed by atoms with E-state index in [4.69, 9.17) is 15.2 Å². The van der Waals surface area contributed by atoms with Gasteiger partial charge in [0.2, 0.25) is 0 Å². The van der Waals surface area contributed by atoms with Crippen molar-refractivity contribution in [2.75, 3.05) is 7.11 Å². The standard InChI is InChI=1S/C21H34N2O4.2ClH/c1-14(2)11-19(22)21(25,20(24)26-4)13-16-12-18(9-10-23-16)27-17-7-5-15(3)6-8-17;;/h9-10,12,14-15,17,19,25H,5-8,11,13,22H2,1-4H3;2*1H/t15?,17?,19-,21+;;/m0../s1. The quantitative estimate of drug-likeness (QED) is 0.586. The first-order chi connectivity index (χ1) is 12.7. The number of pyridine rings is 1. The number of aliphatic hydroxyl groups is 1. The normalized spacial score (nSPS) is 21.9. The lowest BCUT2D eigenvalue weighted by Gasteiger charge is -2.32. The average Bonchev–Trinajstić information content (AvgIpc) is 2.62. The summed E-state index contributed by atoms with van der Waals surface area (Å²) in [7, 11) is 1.26. The fourth-order valence-corrected chi connectivity index (χ4v) is 3.68. The first-order valence-electron chi connectivity index (χ1n) is 9.92. The lowest BCUT2D eigenvalue weighted by atomic mass is 9.84. The summed E-state index contributed by atoms with van der Waals surface area (Å²) in [6, 6.07) is 2.86. The number of hydrogen-bond donors (Lipinski definition) is 2. The molecule has 3 N–H and O–H groups in total. The Morgan fingerprint density at radius 3 is 2.48 bits per heavy atom. The molecule has 1 saturated carbocycles. The number of ether oxygens (including phenoxy) is 2. The molecule has 0 saturated heterocycles. The van der Waals surface area contributed by atoms with E-state index in [1.807, 2.05) is 19.9 Å². The molecule has 0 radical (unpaired) electrons.